The molecule has 2 aromatic heterocycles. The van der Waals surface area contributed by atoms with Crippen LogP contribution in [0.1, 0.15) is 46.7 Å². The van der Waals surface area contributed by atoms with Crippen molar-refractivity contribution >= 4 is 21.7 Å². The SMILES string of the molecule is Cc1cc(C)nc(-n2nc(C)cc2NC(=O)c2ccc(S(=O)(=O)N3CCCCC3)cc2)n1. The molecule has 1 N–H and O–H groups in total. The first-order valence-electron chi connectivity index (χ1n) is 10.5. The molecular formula is C22H26N6O3S. The zero-order chi connectivity index (χ0) is 22.9. The Balaban J connectivity index is 1.55. The Bertz CT molecular complexity index is 1220. The van der Waals surface area contributed by atoms with Gasteiger partial charge in [0.1, 0.15) is 5.82 Å². The molecule has 3 aromatic rings. The van der Waals surface area contributed by atoms with E-state index >= 15 is 0 Å². The first kappa shape index (κ1) is 22.1. The van der Waals surface area contributed by atoms with Gasteiger partial charge in [-0.1, -0.05) is 6.42 Å². The minimum Gasteiger partial charge on any atom is -0.306 e. The number of carbonyl (C=O) groups excluding carboxylic acids is 1. The van der Waals surface area contributed by atoms with Gasteiger partial charge in [-0.2, -0.15) is 14.1 Å². The van der Waals surface area contributed by atoms with Crippen molar-refractivity contribution in [2.45, 2.75) is 44.9 Å². The normalized spacial score (nSPS) is 15.0. The molecule has 0 bridgehead atoms. The van der Waals surface area contributed by atoms with Gasteiger partial charge in [-0.05, 0) is 63.9 Å². The predicted octanol–water partition coefficient (Wildman–Crippen LogP) is 3.01. The van der Waals surface area contributed by atoms with E-state index in [1.807, 2.05) is 26.8 Å². The van der Waals surface area contributed by atoms with Gasteiger partial charge in [-0.15, -0.1) is 0 Å². The Morgan fingerprint density at radius 2 is 1.53 bits per heavy atom. The van der Waals surface area contributed by atoms with Crippen molar-refractivity contribution in [2.75, 3.05) is 18.4 Å². The zero-order valence-corrected chi connectivity index (χ0v) is 19.2. The molecule has 4 rings (SSSR count). The molecule has 0 unspecified atom stereocenters. The Morgan fingerprint density at radius 3 is 2.16 bits per heavy atom. The number of nitrogens with one attached hydrogen (secondary N) is 1. The quantitative estimate of drug-likeness (QED) is 0.635. The highest BCUT2D eigenvalue weighted by atomic mass is 32.2. The Kier molecular flexibility index (Phi) is 6.07. The van der Waals surface area contributed by atoms with Crippen molar-refractivity contribution in [3.8, 4) is 5.95 Å². The predicted molar refractivity (Wildman–Crippen MR) is 120 cm³/mol. The van der Waals surface area contributed by atoms with Gasteiger partial charge in [-0.3, -0.25) is 4.79 Å². The van der Waals surface area contributed by atoms with Crippen LogP contribution in [-0.4, -0.2) is 51.5 Å². The molecule has 1 fully saturated rings. The van der Waals surface area contributed by atoms with Gasteiger partial charge in [0.05, 0.1) is 10.6 Å². The van der Waals surface area contributed by atoms with Crippen molar-refractivity contribution in [1.29, 1.82) is 0 Å². The van der Waals surface area contributed by atoms with E-state index in [0.717, 1.165) is 30.7 Å². The number of benzene rings is 1. The second-order valence-electron chi connectivity index (χ2n) is 7.98. The van der Waals surface area contributed by atoms with Crippen molar-refractivity contribution in [3.05, 3.63) is 59.0 Å². The number of hydrogen-bond donors (Lipinski definition) is 1. The lowest BCUT2D eigenvalue weighted by molar-refractivity contribution is 0.102. The average molecular weight is 455 g/mol. The van der Waals surface area contributed by atoms with Crippen molar-refractivity contribution in [1.82, 2.24) is 24.1 Å². The van der Waals surface area contributed by atoms with Crippen LogP contribution in [-0.2, 0) is 10.0 Å². The minimum atomic E-state index is -3.54. The molecule has 0 spiro atoms. The molecule has 1 aliphatic heterocycles. The third-order valence-corrected chi connectivity index (χ3v) is 7.22. The molecule has 1 aliphatic rings. The van der Waals surface area contributed by atoms with Crippen LogP contribution in [0.2, 0.25) is 0 Å². The fourth-order valence-corrected chi connectivity index (χ4v) is 5.28. The second kappa shape index (κ2) is 8.79. The van der Waals surface area contributed by atoms with Crippen LogP contribution in [0.15, 0.2) is 41.3 Å². The summed E-state index contributed by atoms with van der Waals surface area (Å²) in [4.78, 5) is 21.9. The lowest BCUT2D eigenvalue weighted by Gasteiger charge is -2.25. The first-order valence-corrected chi connectivity index (χ1v) is 12.0. The molecule has 0 atom stereocenters. The molecular weight excluding hydrogens is 428 g/mol. The van der Waals surface area contributed by atoms with E-state index in [-0.39, 0.29) is 10.8 Å². The zero-order valence-electron chi connectivity index (χ0n) is 18.4. The number of hydrogen-bond acceptors (Lipinski definition) is 6. The molecule has 1 saturated heterocycles. The monoisotopic (exact) mass is 454 g/mol. The summed E-state index contributed by atoms with van der Waals surface area (Å²) in [7, 11) is -3.54. The second-order valence-corrected chi connectivity index (χ2v) is 9.91. The molecule has 9 nitrogen and oxygen atoms in total. The highest BCUT2D eigenvalue weighted by Gasteiger charge is 2.26. The van der Waals surface area contributed by atoms with Crippen LogP contribution in [0.4, 0.5) is 5.82 Å². The maximum atomic E-state index is 12.9. The van der Waals surface area contributed by atoms with Crippen molar-refractivity contribution in [2.24, 2.45) is 0 Å². The molecule has 1 amide bonds. The molecule has 1 aromatic carbocycles. The Labute approximate surface area is 187 Å². The Morgan fingerprint density at radius 1 is 0.906 bits per heavy atom. The number of aromatic nitrogens is 4. The summed E-state index contributed by atoms with van der Waals surface area (Å²) >= 11 is 0. The van der Waals surface area contributed by atoms with Crippen LogP contribution < -0.4 is 5.32 Å². The summed E-state index contributed by atoms with van der Waals surface area (Å²) in [5.41, 5.74) is 2.63. The maximum absolute atomic E-state index is 12.9. The van der Waals surface area contributed by atoms with Crippen LogP contribution in [0.25, 0.3) is 5.95 Å². The topological polar surface area (TPSA) is 110 Å². The van der Waals surface area contributed by atoms with Gasteiger partial charge in [0.25, 0.3) is 11.9 Å². The lowest BCUT2D eigenvalue weighted by Crippen LogP contribution is -2.35. The van der Waals surface area contributed by atoms with Gasteiger partial charge in [0, 0.05) is 36.1 Å². The van der Waals surface area contributed by atoms with Crippen LogP contribution in [0.3, 0.4) is 0 Å². The summed E-state index contributed by atoms with van der Waals surface area (Å²) in [5.74, 6) is 0.425. The van der Waals surface area contributed by atoms with Crippen LogP contribution >= 0.6 is 0 Å². The third kappa shape index (κ3) is 4.56. The van der Waals surface area contributed by atoms with Gasteiger partial charge in [0.15, 0.2) is 0 Å². The van der Waals surface area contributed by atoms with Crippen molar-refractivity contribution < 1.29 is 13.2 Å². The highest BCUT2D eigenvalue weighted by Crippen LogP contribution is 2.22. The minimum absolute atomic E-state index is 0.195. The molecule has 10 heteroatoms. The van der Waals surface area contributed by atoms with E-state index in [9.17, 15) is 13.2 Å². The van der Waals surface area contributed by atoms with E-state index in [0.29, 0.717) is 36.1 Å². The number of sulfonamides is 1. The fourth-order valence-electron chi connectivity index (χ4n) is 3.76. The smallest absolute Gasteiger partial charge is 0.256 e. The van der Waals surface area contributed by atoms with Crippen LogP contribution in [0.5, 0.6) is 0 Å². The molecule has 0 aliphatic carbocycles. The summed E-state index contributed by atoms with van der Waals surface area (Å²) < 4.78 is 28.6. The summed E-state index contributed by atoms with van der Waals surface area (Å²) in [6, 6.07) is 9.59. The van der Waals surface area contributed by atoms with Crippen LogP contribution in [0, 0.1) is 20.8 Å². The van der Waals surface area contributed by atoms with Crippen molar-refractivity contribution in [3.63, 3.8) is 0 Å². The fraction of sp³-hybridized carbons (Fsp3) is 0.364. The number of piperidine rings is 1. The van der Waals surface area contributed by atoms with E-state index < -0.39 is 10.0 Å². The lowest BCUT2D eigenvalue weighted by atomic mass is 10.2. The number of anilines is 1. The average Bonchev–Trinajstić information content (AvgIpc) is 3.13. The first-order chi connectivity index (χ1) is 15.2. The number of amides is 1. The molecule has 168 valence electrons. The number of nitrogens with zero attached hydrogens (tertiary/aromatic N) is 5. The van der Waals surface area contributed by atoms with E-state index in [1.165, 1.54) is 33.3 Å². The molecule has 32 heavy (non-hydrogen) atoms. The van der Waals surface area contributed by atoms with E-state index in [4.69, 9.17) is 0 Å². The summed E-state index contributed by atoms with van der Waals surface area (Å²) in [6.45, 7) is 6.62. The van der Waals surface area contributed by atoms with Gasteiger partial charge in [0.2, 0.25) is 10.0 Å². The largest absolute Gasteiger partial charge is 0.306 e. The Hall–Kier alpha value is -3.11. The molecule has 0 radical (unpaired) electrons. The van der Waals surface area contributed by atoms with E-state index in [2.05, 4.69) is 20.4 Å². The maximum Gasteiger partial charge on any atom is 0.256 e. The number of aryl methyl sites for hydroxylation is 3. The summed E-state index contributed by atoms with van der Waals surface area (Å²) in [5, 5.41) is 7.23. The molecule has 3 heterocycles. The van der Waals surface area contributed by atoms with E-state index in [1.54, 1.807) is 6.07 Å². The van der Waals surface area contributed by atoms with Gasteiger partial charge in [-0.25, -0.2) is 18.4 Å². The number of rotatable bonds is 5. The van der Waals surface area contributed by atoms with Gasteiger partial charge < -0.3 is 5.32 Å². The highest BCUT2D eigenvalue weighted by molar-refractivity contribution is 7.89. The standard InChI is InChI=1S/C22H26N6O3S/c1-15-13-16(2)24-22(23-15)28-20(14-17(3)26-28)25-21(29)18-7-9-19(10-8-18)32(30,31)27-11-5-4-6-12-27/h7-10,13-14H,4-6,11-12H2,1-3H3,(H,25,29). The summed E-state index contributed by atoms with van der Waals surface area (Å²) in [6.07, 6.45) is 2.79. The number of carbonyl (C=O) groups is 1. The molecule has 0 saturated carbocycles. The van der Waals surface area contributed by atoms with Gasteiger partial charge >= 0.3 is 0 Å². The third-order valence-electron chi connectivity index (χ3n) is 5.30.